The highest BCUT2D eigenvalue weighted by molar-refractivity contribution is 5.76. The van der Waals surface area contributed by atoms with Crippen LogP contribution in [0.1, 0.15) is 102 Å². The number of aliphatic hydroxyl groups excluding tert-OH is 1. The number of halogens is 4. The first-order valence-corrected chi connectivity index (χ1v) is 18.4. The number of esters is 1. The second-order valence-electron chi connectivity index (χ2n) is 13.3. The Bertz CT molecular complexity index is 1410. The summed E-state index contributed by atoms with van der Waals surface area (Å²) in [6.45, 7) is 2.87. The van der Waals surface area contributed by atoms with E-state index in [0.717, 1.165) is 45.4 Å². The molecule has 2 aliphatic heterocycles. The molecular weight excluding hydrogens is 726 g/mol. The van der Waals surface area contributed by atoms with Crippen molar-refractivity contribution in [3.05, 3.63) is 28.8 Å². The summed E-state index contributed by atoms with van der Waals surface area (Å²) in [7, 11) is 0. The maximum atomic E-state index is 13.9. The molecule has 2 fully saturated rings. The summed E-state index contributed by atoms with van der Waals surface area (Å²) < 4.78 is 80.7. The summed E-state index contributed by atoms with van der Waals surface area (Å²) in [5.41, 5.74) is -0.615. The molecule has 0 aromatic heterocycles. The van der Waals surface area contributed by atoms with E-state index in [0.29, 0.717) is 51.6 Å². The maximum Gasteiger partial charge on any atom is 0.509 e. The number of carbonyl (C=O) groups is 5. The van der Waals surface area contributed by atoms with Crippen LogP contribution in [0, 0.1) is 30.2 Å². The first-order chi connectivity index (χ1) is 25.8. The Morgan fingerprint density at radius 2 is 1.26 bits per heavy atom. The van der Waals surface area contributed by atoms with E-state index in [9.17, 15) is 46.6 Å². The number of nitrogens with one attached hydrogen (secondary N) is 3. The zero-order valence-corrected chi connectivity index (χ0v) is 30.7. The molecule has 2 aliphatic rings. The number of amides is 3. The molecule has 304 valence electrons. The largest absolute Gasteiger partial charge is 0.509 e. The third-order valence-corrected chi connectivity index (χ3v) is 8.94. The topological polar surface area (TPSA) is 188 Å². The fraction of sp³-hybridized carbons (Fsp3) is 0.694. The predicted octanol–water partition coefficient (Wildman–Crippen LogP) is 4.29. The summed E-state index contributed by atoms with van der Waals surface area (Å²) in [5, 5.41) is 17.9. The Kier molecular flexibility index (Phi) is 18.9. The van der Waals surface area contributed by atoms with Crippen molar-refractivity contribution in [3.63, 3.8) is 0 Å². The van der Waals surface area contributed by atoms with Gasteiger partial charge < -0.3 is 44.7 Å². The van der Waals surface area contributed by atoms with Gasteiger partial charge in [-0.2, -0.15) is 4.39 Å². The van der Waals surface area contributed by atoms with Crippen molar-refractivity contribution >= 4 is 29.8 Å². The third-order valence-electron chi connectivity index (χ3n) is 8.94. The van der Waals surface area contributed by atoms with Crippen LogP contribution in [0.5, 0.6) is 5.75 Å². The molecule has 1 aromatic carbocycles. The van der Waals surface area contributed by atoms with Crippen LogP contribution in [-0.2, 0) is 38.1 Å². The van der Waals surface area contributed by atoms with E-state index in [-0.39, 0.29) is 37.2 Å². The molecule has 3 amide bonds. The van der Waals surface area contributed by atoms with Crippen molar-refractivity contribution in [1.82, 2.24) is 16.0 Å². The van der Waals surface area contributed by atoms with Gasteiger partial charge in [0.25, 0.3) is 0 Å². The molecule has 0 radical (unpaired) electrons. The minimum absolute atomic E-state index is 0.0588. The van der Waals surface area contributed by atoms with Crippen LogP contribution in [0.4, 0.5) is 22.4 Å². The molecule has 3 rings (SSSR count). The van der Waals surface area contributed by atoms with Gasteiger partial charge in [0.2, 0.25) is 29.4 Å². The van der Waals surface area contributed by atoms with E-state index in [1.54, 1.807) is 0 Å². The van der Waals surface area contributed by atoms with Crippen LogP contribution >= 0.6 is 0 Å². The van der Waals surface area contributed by atoms with Gasteiger partial charge in [-0.05, 0) is 39.0 Å². The average molecular weight is 778 g/mol. The fourth-order valence-electron chi connectivity index (χ4n) is 6.04. The fourth-order valence-corrected chi connectivity index (χ4v) is 6.04. The Balaban J connectivity index is 1.12. The number of fused-ring (bicyclic) bond motifs is 1. The molecule has 0 aliphatic carbocycles. The Labute approximate surface area is 311 Å². The summed E-state index contributed by atoms with van der Waals surface area (Å²) in [4.78, 5) is 59.6. The zero-order chi connectivity index (χ0) is 39.6. The Hall–Kier alpha value is -4.03. The van der Waals surface area contributed by atoms with Gasteiger partial charge in [-0.3, -0.25) is 19.2 Å². The van der Waals surface area contributed by atoms with Crippen LogP contribution in [0.2, 0.25) is 0 Å². The quantitative estimate of drug-likeness (QED) is 0.0293. The van der Waals surface area contributed by atoms with Gasteiger partial charge in [-0.15, -0.1) is 0 Å². The molecule has 0 bridgehead atoms. The molecule has 0 unspecified atom stereocenters. The highest BCUT2D eigenvalue weighted by Gasteiger charge is 2.54. The van der Waals surface area contributed by atoms with Gasteiger partial charge in [-0.25, -0.2) is 18.0 Å². The Morgan fingerprint density at radius 1 is 0.722 bits per heavy atom. The summed E-state index contributed by atoms with van der Waals surface area (Å²) in [5.74, 6) is -9.72. The molecular formula is C36H51F4N3O11. The second-order valence-corrected chi connectivity index (χ2v) is 13.3. The minimum Gasteiger partial charge on any atom is -0.424 e. The SMILES string of the molecule is CC(=O)N[C@H]1[C@H](OCCCCC(=O)NCCCNC(=O)CCCCCCCCCCC(=O)Oc2c(C)c(F)c(F)c(F)c2F)O[C@H](CO)[C@@H]2OC(=O)O[C@H]12. The summed E-state index contributed by atoms with van der Waals surface area (Å²) in [6.07, 6.45) is 4.03. The lowest BCUT2D eigenvalue weighted by atomic mass is 9.97. The van der Waals surface area contributed by atoms with Crippen molar-refractivity contribution in [2.24, 2.45) is 0 Å². The lowest BCUT2D eigenvalue weighted by Crippen LogP contribution is -2.63. The highest BCUT2D eigenvalue weighted by atomic mass is 19.2. The smallest absolute Gasteiger partial charge is 0.424 e. The van der Waals surface area contributed by atoms with Crippen molar-refractivity contribution < 1.29 is 70.3 Å². The second kappa shape index (κ2) is 23.0. The monoisotopic (exact) mass is 777 g/mol. The van der Waals surface area contributed by atoms with Crippen molar-refractivity contribution in [1.29, 1.82) is 0 Å². The van der Waals surface area contributed by atoms with E-state index < -0.39 is 84.0 Å². The highest BCUT2D eigenvalue weighted by Crippen LogP contribution is 2.32. The molecule has 14 nitrogen and oxygen atoms in total. The third kappa shape index (κ3) is 14.0. The predicted molar refractivity (Wildman–Crippen MR) is 182 cm³/mol. The van der Waals surface area contributed by atoms with Gasteiger partial charge in [0.15, 0.2) is 35.9 Å². The molecule has 1 aromatic rings. The lowest BCUT2D eigenvalue weighted by molar-refractivity contribution is -0.250. The number of hydrogen-bond donors (Lipinski definition) is 4. The van der Waals surface area contributed by atoms with E-state index in [4.69, 9.17) is 23.7 Å². The zero-order valence-electron chi connectivity index (χ0n) is 30.7. The summed E-state index contributed by atoms with van der Waals surface area (Å²) in [6, 6.07) is -0.835. The van der Waals surface area contributed by atoms with Crippen LogP contribution in [0.25, 0.3) is 0 Å². The lowest BCUT2D eigenvalue weighted by Gasteiger charge is -2.40. The Morgan fingerprint density at radius 3 is 1.85 bits per heavy atom. The number of rotatable bonds is 24. The van der Waals surface area contributed by atoms with Crippen LogP contribution in [-0.4, -0.2) is 91.9 Å². The first kappa shape index (κ1) is 44.4. The van der Waals surface area contributed by atoms with Gasteiger partial charge in [0.1, 0.15) is 12.1 Å². The number of aliphatic hydroxyl groups is 1. The van der Waals surface area contributed by atoms with E-state index >= 15 is 0 Å². The molecule has 18 heteroatoms. The average Bonchev–Trinajstić information content (AvgIpc) is 3.54. The molecule has 54 heavy (non-hydrogen) atoms. The van der Waals surface area contributed by atoms with Crippen molar-refractivity contribution in [3.8, 4) is 5.75 Å². The van der Waals surface area contributed by atoms with Gasteiger partial charge in [0, 0.05) is 51.4 Å². The van der Waals surface area contributed by atoms with Gasteiger partial charge in [0.05, 0.1) is 6.61 Å². The molecule has 5 atom stereocenters. The molecule has 2 heterocycles. The molecule has 4 N–H and O–H groups in total. The summed E-state index contributed by atoms with van der Waals surface area (Å²) >= 11 is 0. The van der Waals surface area contributed by atoms with Crippen LogP contribution in [0.3, 0.4) is 0 Å². The van der Waals surface area contributed by atoms with Crippen LogP contribution in [0.15, 0.2) is 0 Å². The van der Waals surface area contributed by atoms with E-state index in [1.165, 1.54) is 6.92 Å². The maximum absolute atomic E-state index is 13.9. The first-order valence-electron chi connectivity index (χ1n) is 18.4. The van der Waals surface area contributed by atoms with Crippen molar-refractivity contribution in [2.75, 3.05) is 26.3 Å². The number of carbonyl (C=O) groups excluding carboxylic acids is 5. The number of ether oxygens (including phenoxy) is 5. The van der Waals surface area contributed by atoms with Crippen LogP contribution < -0.4 is 20.7 Å². The minimum atomic E-state index is -2.03. The number of benzene rings is 1. The van der Waals surface area contributed by atoms with Gasteiger partial charge >= 0.3 is 12.1 Å². The van der Waals surface area contributed by atoms with Crippen molar-refractivity contribution in [2.45, 2.75) is 134 Å². The van der Waals surface area contributed by atoms with E-state index in [1.807, 2.05) is 0 Å². The van der Waals surface area contributed by atoms with E-state index in [2.05, 4.69) is 16.0 Å². The standard InChI is InChI=1S/C36H51F4N3O11/c1-21-27(37)28(38)29(39)30(40)32(21)52-26(48)16-10-8-6-4-3-5-7-9-14-24(46)41-17-13-18-42-25(47)15-11-12-19-50-35-31(43-22(2)45)34-33(23(20-44)51-35)53-36(49)54-34/h23,31,33-35,44H,3-20H2,1-2H3,(H,41,46)(H,42,47)(H,43,45)/t23-,31-,33+,34-,35-/m1/s1. The number of hydrogen-bond acceptors (Lipinski definition) is 11. The molecule has 0 spiro atoms. The molecule has 0 saturated carbocycles. The normalized spacial score (nSPS) is 20.4. The number of unbranched alkanes of at least 4 members (excludes halogenated alkanes) is 8. The van der Waals surface area contributed by atoms with Gasteiger partial charge in [-0.1, -0.05) is 38.5 Å². The molecule has 2 saturated heterocycles.